The van der Waals surface area contributed by atoms with Gasteiger partial charge < -0.3 is 10.1 Å². The lowest BCUT2D eigenvalue weighted by molar-refractivity contribution is -0.0769. The van der Waals surface area contributed by atoms with Crippen LogP contribution in [-0.4, -0.2) is 51.9 Å². The number of nitriles is 1. The number of morpholine rings is 1. The molecule has 0 radical (unpaired) electrons. The van der Waals surface area contributed by atoms with E-state index in [0.717, 1.165) is 17.7 Å². The number of hydrogen-bond donors (Lipinski definition) is 1. The maximum atomic E-state index is 12.1. The van der Waals surface area contributed by atoms with Crippen molar-refractivity contribution in [3.05, 3.63) is 26.4 Å². The minimum absolute atomic E-state index is 0.0458. The molecule has 3 atom stereocenters. The molecule has 1 aliphatic rings. The van der Waals surface area contributed by atoms with Crippen molar-refractivity contribution < 1.29 is 4.74 Å². The Hall–Kier alpha value is -2.11. The Morgan fingerprint density at radius 1 is 1.25 bits per heavy atom. The van der Waals surface area contributed by atoms with E-state index in [1.54, 1.807) is 7.05 Å². The van der Waals surface area contributed by atoms with Crippen LogP contribution < -0.4 is 16.6 Å². The molecule has 1 aromatic heterocycles. The summed E-state index contributed by atoms with van der Waals surface area (Å²) in [6, 6.07) is 2.07. The first-order chi connectivity index (χ1) is 11.3. The minimum atomic E-state index is -0.579. The van der Waals surface area contributed by atoms with E-state index in [1.807, 2.05) is 19.9 Å². The topological polar surface area (TPSA) is 92.3 Å². The van der Waals surface area contributed by atoms with Crippen molar-refractivity contribution in [1.82, 2.24) is 14.0 Å². The van der Waals surface area contributed by atoms with Crippen LogP contribution in [0.25, 0.3) is 0 Å². The average molecular weight is 335 g/mol. The van der Waals surface area contributed by atoms with Gasteiger partial charge in [0.2, 0.25) is 0 Å². The number of rotatable bonds is 4. The largest absolute Gasteiger partial charge is 0.373 e. The van der Waals surface area contributed by atoms with Crippen LogP contribution in [0.15, 0.2) is 9.59 Å². The second kappa shape index (κ2) is 7.20. The van der Waals surface area contributed by atoms with Gasteiger partial charge in [-0.25, -0.2) is 4.79 Å². The third-order valence-electron chi connectivity index (χ3n) is 4.41. The van der Waals surface area contributed by atoms with E-state index in [-0.39, 0.29) is 29.6 Å². The summed E-state index contributed by atoms with van der Waals surface area (Å²) in [6.45, 7) is 8.33. The lowest BCUT2D eigenvalue weighted by atomic mass is 10.1. The molecular weight excluding hydrogens is 310 g/mol. The molecular formula is C16H25N5O3. The molecule has 1 fully saturated rings. The molecule has 0 aliphatic carbocycles. The SMILES string of the molecule is C[C@@H]1CN([C@H](C)CNc2c(C#N)c(=O)n(C)c(=O)n2C)C[C@@H](C)O1. The number of hydrogen-bond acceptors (Lipinski definition) is 6. The van der Waals surface area contributed by atoms with Crippen LogP contribution in [0, 0.1) is 11.3 Å². The molecule has 0 amide bonds. The summed E-state index contributed by atoms with van der Waals surface area (Å²) in [4.78, 5) is 26.4. The van der Waals surface area contributed by atoms with Gasteiger partial charge in [-0.15, -0.1) is 0 Å². The van der Waals surface area contributed by atoms with Crippen LogP contribution in [0.4, 0.5) is 5.82 Å². The Labute approximate surface area is 141 Å². The zero-order valence-corrected chi connectivity index (χ0v) is 14.9. The molecule has 0 unspecified atom stereocenters. The Bertz CT molecular complexity index is 751. The lowest BCUT2D eigenvalue weighted by Crippen LogP contribution is -2.51. The first-order valence-electron chi connectivity index (χ1n) is 8.09. The van der Waals surface area contributed by atoms with Gasteiger partial charge in [0, 0.05) is 39.8 Å². The van der Waals surface area contributed by atoms with Gasteiger partial charge in [-0.3, -0.25) is 18.8 Å². The van der Waals surface area contributed by atoms with Crippen LogP contribution in [-0.2, 0) is 18.8 Å². The molecule has 0 spiro atoms. The summed E-state index contributed by atoms with van der Waals surface area (Å²) >= 11 is 0. The summed E-state index contributed by atoms with van der Waals surface area (Å²) in [6.07, 6.45) is 0.332. The van der Waals surface area contributed by atoms with E-state index in [1.165, 1.54) is 11.6 Å². The molecule has 24 heavy (non-hydrogen) atoms. The quantitative estimate of drug-likeness (QED) is 0.824. The maximum Gasteiger partial charge on any atom is 0.332 e. The number of nitrogens with zero attached hydrogens (tertiary/aromatic N) is 4. The Morgan fingerprint density at radius 3 is 2.38 bits per heavy atom. The van der Waals surface area contributed by atoms with Crippen molar-refractivity contribution in [3.63, 3.8) is 0 Å². The third-order valence-corrected chi connectivity index (χ3v) is 4.41. The van der Waals surface area contributed by atoms with E-state index in [2.05, 4.69) is 17.1 Å². The van der Waals surface area contributed by atoms with E-state index in [4.69, 9.17) is 4.74 Å². The van der Waals surface area contributed by atoms with Crippen LogP contribution >= 0.6 is 0 Å². The smallest absolute Gasteiger partial charge is 0.332 e. The van der Waals surface area contributed by atoms with Crippen molar-refractivity contribution in [1.29, 1.82) is 5.26 Å². The summed E-state index contributed by atoms with van der Waals surface area (Å²) in [5, 5.41) is 12.4. The van der Waals surface area contributed by atoms with Gasteiger partial charge in [-0.05, 0) is 20.8 Å². The van der Waals surface area contributed by atoms with E-state index in [9.17, 15) is 14.9 Å². The average Bonchev–Trinajstić information content (AvgIpc) is 2.53. The van der Waals surface area contributed by atoms with Gasteiger partial charge in [0.25, 0.3) is 5.56 Å². The van der Waals surface area contributed by atoms with Crippen molar-refractivity contribution in [3.8, 4) is 6.07 Å². The standard InChI is InChI=1S/C16H25N5O3/c1-10(21-8-11(2)24-12(3)9-21)7-18-14-13(6-17)15(22)20(5)16(23)19(14)4/h10-12,18H,7-9H2,1-5H3/t10-,11-,12-/m1/s1. The fourth-order valence-electron chi connectivity index (χ4n) is 3.10. The van der Waals surface area contributed by atoms with E-state index >= 15 is 0 Å². The van der Waals surface area contributed by atoms with Crippen LogP contribution in [0.2, 0.25) is 0 Å². The van der Waals surface area contributed by atoms with Gasteiger partial charge >= 0.3 is 5.69 Å². The fourth-order valence-corrected chi connectivity index (χ4v) is 3.10. The van der Waals surface area contributed by atoms with E-state index in [0.29, 0.717) is 6.54 Å². The van der Waals surface area contributed by atoms with Crippen molar-refractivity contribution in [2.45, 2.75) is 39.0 Å². The molecule has 1 aromatic rings. The van der Waals surface area contributed by atoms with Crippen molar-refractivity contribution in [2.24, 2.45) is 14.1 Å². The zero-order valence-electron chi connectivity index (χ0n) is 14.9. The number of anilines is 1. The Morgan fingerprint density at radius 2 is 1.83 bits per heavy atom. The first-order valence-corrected chi connectivity index (χ1v) is 8.09. The van der Waals surface area contributed by atoms with Gasteiger partial charge in [0.15, 0.2) is 5.56 Å². The number of aromatic nitrogens is 2. The monoisotopic (exact) mass is 335 g/mol. The number of ether oxygens (including phenoxy) is 1. The van der Waals surface area contributed by atoms with Crippen LogP contribution in [0.1, 0.15) is 26.3 Å². The first kappa shape index (κ1) is 18.2. The highest BCUT2D eigenvalue weighted by atomic mass is 16.5. The second-order valence-corrected chi connectivity index (χ2v) is 6.48. The molecule has 2 rings (SSSR count). The van der Waals surface area contributed by atoms with Crippen LogP contribution in [0.5, 0.6) is 0 Å². The van der Waals surface area contributed by atoms with E-state index < -0.39 is 11.2 Å². The summed E-state index contributed by atoms with van der Waals surface area (Å²) in [5.74, 6) is 0.270. The highest BCUT2D eigenvalue weighted by molar-refractivity contribution is 5.51. The maximum absolute atomic E-state index is 12.1. The third kappa shape index (κ3) is 3.52. The minimum Gasteiger partial charge on any atom is -0.373 e. The normalized spacial score (nSPS) is 22.8. The molecule has 8 heteroatoms. The molecule has 1 saturated heterocycles. The lowest BCUT2D eigenvalue weighted by Gasteiger charge is -2.39. The molecule has 1 aliphatic heterocycles. The molecule has 132 valence electrons. The number of nitrogens with one attached hydrogen (secondary N) is 1. The van der Waals surface area contributed by atoms with Gasteiger partial charge in [-0.1, -0.05) is 0 Å². The molecule has 0 aromatic carbocycles. The molecule has 0 saturated carbocycles. The molecule has 2 heterocycles. The summed E-state index contributed by atoms with van der Waals surface area (Å²) in [5.41, 5.74) is -1.08. The highest BCUT2D eigenvalue weighted by Crippen LogP contribution is 2.14. The summed E-state index contributed by atoms with van der Waals surface area (Å²) in [7, 11) is 2.92. The highest BCUT2D eigenvalue weighted by Gasteiger charge is 2.26. The van der Waals surface area contributed by atoms with Crippen LogP contribution in [0.3, 0.4) is 0 Å². The Kier molecular flexibility index (Phi) is 5.47. The fraction of sp³-hybridized carbons (Fsp3) is 0.688. The van der Waals surface area contributed by atoms with Gasteiger partial charge in [0.1, 0.15) is 11.9 Å². The molecule has 0 bridgehead atoms. The molecule has 1 N–H and O–H groups in total. The van der Waals surface area contributed by atoms with Crippen molar-refractivity contribution in [2.75, 3.05) is 25.0 Å². The van der Waals surface area contributed by atoms with Crippen molar-refractivity contribution >= 4 is 5.82 Å². The molecule has 8 nitrogen and oxygen atoms in total. The predicted octanol–water partition coefficient (Wildman–Crippen LogP) is -0.135. The van der Waals surface area contributed by atoms with Gasteiger partial charge in [-0.2, -0.15) is 5.26 Å². The predicted molar refractivity (Wildman–Crippen MR) is 91.2 cm³/mol. The van der Waals surface area contributed by atoms with Gasteiger partial charge in [0.05, 0.1) is 12.2 Å². The zero-order chi connectivity index (χ0) is 18.0. The second-order valence-electron chi connectivity index (χ2n) is 6.48. The summed E-state index contributed by atoms with van der Waals surface area (Å²) < 4.78 is 7.98. The Balaban J connectivity index is 2.19.